The van der Waals surface area contributed by atoms with Crippen LogP contribution in [0.5, 0.6) is 0 Å². The molecule has 6 rings (SSSR count). The molecule has 0 aromatic heterocycles. The predicted octanol–water partition coefficient (Wildman–Crippen LogP) is 7.54. The molecule has 0 bridgehead atoms. The van der Waals surface area contributed by atoms with Crippen LogP contribution in [0.3, 0.4) is 0 Å². The maximum absolute atomic E-state index is 8.31. The topological polar surface area (TPSA) is 0 Å². The standard InChI is InChI=1S/2C13H9.C4H11Ge.2ClH.Ti/c2*1-3-7-12-10(5-1)9-11-6-2-4-8-13(11)12;1-3-5-4-2;;;/h2*1-5,7-8H,9H2;5H,3-4H2,1-2H3;2*1H;/q;;;;;+2/p-2. The normalized spacial score (nSPS) is 14.8. The number of hydrogen-bond acceptors (Lipinski definition) is 0. The SMILES string of the molecule is C[CH2][GeH]([CH2]C)[Ti]([Cl])([Cl])([c]1cccc2c1Cc1ccccc1-2)[c]1cccc2c1Cc1ccccc1-2. The Morgan fingerprint density at radius 1 is 0.588 bits per heavy atom. The van der Waals surface area contributed by atoms with Gasteiger partial charge in [-0.15, -0.1) is 0 Å². The van der Waals surface area contributed by atoms with Gasteiger partial charge < -0.3 is 0 Å². The van der Waals surface area contributed by atoms with Crippen molar-refractivity contribution in [2.24, 2.45) is 0 Å². The first-order valence-corrected chi connectivity index (χ1v) is 27.6. The molecule has 2 aliphatic rings. The van der Waals surface area contributed by atoms with Gasteiger partial charge in [0.25, 0.3) is 0 Å². The minimum atomic E-state index is -4.35. The molecule has 0 spiro atoms. The Bertz CT molecular complexity index is 1340. The van der Waals surface area contributed by atoms with Gasteiger partial charge in [-0.3, -0.25) is 0 Å². The Morgan fingerprint density at radius 3 is 1.44 bits per heavy atom. The molecule has 0 aliphatic heterocycles. The summed E-state index contributed by atoms with van der Waals surface area (Å²) in [7, 11) is 12.3. The minimum absolute atomic E-state index is 0.943. The summed E-state index contributed by atoms with van der Waals surface area (Å²) in [5.74, 6) is 0. The molecule has 0 atom stereocenters. The van der Waals surface area contributed by atoms with Gasteiger partial charge >= 0.3 is 215 Å². The van der Waals surface area contributed by atoms with Crippen LogP contribution in [-0.2, 0) is 23.8 Å². The van der Waals surface area contributed by atoms with Crippen LogP contribution < -0.4 is 7.74 Å². The van der Waals surface area contributed by atoms with Crippen LogP contribution in [0.25, 0.3) is 22.3 Å². The number of benzene rings is 4. The van der Waals surface area contributed by atoms with Crippen molar-refractivity contribution in [3.05, 3.63) is 107 Å². The van der Waals surface area contributed by atoms with Crippen molar-refractivity contribution in [3.63, 3.8) is 0 Å². The molecule has 4 aromatic carbocycles. The van der Waals surface area contributed by atoms with Crippen molar-refractivity contribution in [1.82, 2.24) is 0 Å². The first-order chi connectivity index (χ1) is 16.5. The molecule has 0 saturated carbocycles. The number of hydrogen-bond donors (Lipinski definition) is 0. The Labute approximate surface area is 213 Å². The van der Waals surface area contributed by atoms with Gasteiger partial charge in [-0.1, -0.05) is 0 Å². The summed E-state index contributed by atoms with van der Waals surface area (Å²) < 4.78 is 2.65. The fourth-order valence-corrected chi connectivity index (χ4v) is 56.6. The summed E-state index contributed by atoms with van der Waals surface area (Å²) in [5, 5.41) is 2.34. The second kappa shape index (κ2) is 8.39. The van der Waals surface area contributed by atoms with Crippen LogP contribution in [0.1, 0.15) is 36.1 Å². The Hall–Kier alpha value is -1.28. The fourth-order valence-electron chi connectivity index (χ4n) is 6.76. The van der Waals surface area contributed by atoms with Crippen molar-refractivity contribution < 1.29 is 10.9 Å². The van der Waals surface area contributed by atoms with Gasteiger partial charge in [0.1, 0.15) is 0 Å². The summed E-state index contributed by atoms with van der Waals surface area (Å²) in [5.41, 5.74) is 11.0. The number of rotatable bonds is 5. The van der Waals surface area contributed by atoms with Crippen molar-refractivity contribution >= 4 is 37.9 Å². The van der Waals surface area contributed by atoms with Gasteiger partial charge in [0.15, 0.2) is 0 Å². The van der Waals surface area contributed by atoms with Gasteiger partial charge in [-0.25, -0.2) is 0 Å². The Morgan fingerprint density at radius 2 is 1.00 bits per heavy atom. The quantitative estimate of drug-likeness (QED) is 0.185. The number of fused-ring (bicyclic) bond motifs is 6. The van der Waals surface area contributed by atoms with Gasteiger partial charge in [0.2, 0.25) is 0 Å². The zero-order valence-corrected chi connectivity index (χ0v) is 25.2. The molecular formula is C30H29Cl2GeTi. The molecule has 0 heterocycles. The van der Waals surface area contributed by atoms with E-state index in [1.807, 2.05) is 0 Å². The van der Waals surface area contributed by atoms with Crippen LogP contribution >= 0.6 is 18.6 Å². The summed E-state index contributed by atoms with van der Waals surface area (Å²) >= 11 is -2.16. The number of halogens is 2. The maximum atomic E-state index is 8.31. The first kappa shape index (κ1) is 23.1. The zero-order chi connectivity index (χ0) is 23.5. The summed E-state index contributed by atoms with van der Waals surface area (Å²) in [6, 6.07) is 31.2. The summed E-state index contributed by atoms with van der Waals surface area (Å²) in [4.78, 5) is 0. The molecule has 2 aliphatic carbocycles. The van der Waals surface area contributed by atoms with Gasteiger partial charge in [-0.05, 0) is 0 Å². The monoisotopic (exact) mass is 581 g/mol. The van der Waals surface area contributed by atoms with E-state index in [-0.39, 0.29) is 0 Å². The fraction of sp³-hybridized carbons (Fsp3) is 0.200. The van der Waals surface area contributed by atoms with Gasteiger partial charge in [0.05, 0.1) is 0 Å². The molecule has 0 radical (unpaired) electrons. The van der Waals surface area contributed by atoms with Crippen molar-refractivity contribution in [3.8, 4) is 22.3 Å². The van der Waals surface area contributed by atoms with Crippen molar-refractivity contribution in [2.45, 2.75) is 37.2 Å². The van der Waals surface area contributed by atoms with Crippen LogP contribution in [-0.4, -0.2) is 11.5 Å². The van der Waals surface area contributed by atoms with Crippen LogP contribution in [0, 0.1) is 0 Å². The van der Waals surface area contributed by atoms with E-state index < -0.39 is 22.5 Å². The van der Waals surface area contributed by atoms with E-state index in [1.165, 1.54) is 62.8 Å². The van der Waals surface area contributed by atoms with Crippen LogP contribution in [0.15, 0.2) is 84.9 Å². The van der Waals surface area contributed by atoms with Crippen LogP contribution in [0.2, 0.25) is 10.5 Å². The van der Waals surface area contributed by atoms with E-state index in [2.05, 4.69) is 98.8 Å². The van der Waals surface area contributed by atoms with Crippen LogP contribution in [0.4, 0.5) is 0 Å². The molecule has 0 saturated heterocycles. The second-order valence-corrected chi connectivity index (χ2v) is 51.6. The molecule has 171 valence electrons. The van der Waals surface area contributed by atoms with Crippen molar-refractivity contribution in [1.29, 1.82) is 0 Å². The average Bonchev–Trinajstić information content (AvgIpc) is 3.43. The second-order valence-electron chi connectivity index (χ2n) is 9.93. The van der Waals surface area contributed by atoms with E-state index in [0.29, 0.717) is 0 Å². The van der Waals surface area contributed by atoms with Gasteiger partial charge in [0, 0.05) is 0 Å². The van der Waals surface area contributed by atoms with Gasteiger partial charge in [-0.2, -0.15) is 0 Å². The third-order valence-corrected chi connectivity index (χ3v) is 60.3. The molecule has 0 amide bonds. The molecule has 34 heavy (non-hydrogen) atoms. The zero-order valence-electron chi connectivity index (χ0n) is 19.7. The first-order valence-electron chi connectivity index (χ1n) is 12.5. The van der Waals surface area contributed by atoms with E-state index in [0.717, 1.165) is 12.8 Å². The van der Waals surface area contributed by atoms with E-state index >= 15 is 0 Å². The predicted molar refractivity (Wildman–Crippen MR) is 148 cm³/mol. The molecule has 4 heteroatoms. The van der Waals surface area contributed by atoms with E-state index in [9.17, 15) is 0 Å². The summed E-state index contributed by atoms with van der Waals surface area (Å²) in [6.45, 7) is 4.69. The average molecular weight is 581 g/mol. The third-order valence-electron chi connectivity index (χ3n) is 8.39. The Balaban J connectivity index is 1.65. The molecular weight excluding hydrogens is 552 g/mol. The molecule has 0 fully saturated rings. The van der Waals surface area contributed by atoms with E-state index in [1.54, 1.807) is 0 Å². The molecule has 4 aromatic rings. The van der Waals surface area contributed by atoms with Crippen molar-refractivity contribution in [2.75, 3.05) is 0 Å². The van der Waals surface area contributed by atoms with E-state index in [4.69, 9.17) is 18.6 Å². The molecule has 0 unspecified atom stereocenters. The Kier molecular flexibility index (Phi) is 5.71. The molecule has 0 N–H and O–H groups in total. The molecule has 0 nitrogen and oxygen atoms in total. The third kappa shape index (κ3) is 3.16. The summed E-state index contributed by atoms with van der Waals surface area (Å²) in [6.07, 6.45) is 1.89.